The third-order valence-corrected chi connectivity index (χ3v) is 6.05. The van der Waals surface area contributed by atoms with Gasteiger partial charge in [0.15, 0.2) is 0 Å². The summed E-state index contributed by atoms with van der Waals surface area (Å²) in [5.41, 5.74) is 2.39. The van der Waals surface area contributed by atoms with Crippen LogP contribution in [0.25, 0.3) is 10.6 Å². The molecular weight excluding hydrogens is 412 g/mol. The van der Waals surface area contributed by atoms with Crippen molar-refractivity contribution in [1.29, 1.82) is 0 Å². The van der Waals surface area contributed by atoms with Crippen LogP contribution < -0.4 is 14.4 Å². The number of nitrogens with zero attached hydrogens (tertiary/aromatic N) is 3. The molecule has 0 aliphatic carbocycles. The molecule has 1 amide bonds. The molecule has 29 heavy (non-hydrogen) atoms. The lowest BCUT2D eigenvalue weighted by Crippen LogP contribution is -2.37. The van der Waals surface area contributed by atoms with E-state index in [2.05, 4.69) is 15.5 Å². The summed E-state index contributed by atoms with van der Waals surface area (Å²) in [4.78, 5) is 12.5. The SMILES string of the molecule is COc1ccc(N(CC(=O)Nc2nnc(-c3ccc(C)cc3)s2)S(C)(=O)=O)cc1. The Hall–Kier alpha value is -2.98. The predicted molar refractivity (Wildman–Crippen MR) is 114 cm³/mol. The number of sulfonamides is 1. The highest BCUT2D eigenvalue weighted by Gasteiger charge is 2.21. The van der Waals surface area contributed by atoms with E-state index in [1.807, 2.05) is 31.2 Å². The van der Waals surface area contributed by atoms with Crippen LogP contribution in [0.3, 0.4) is 0 Å². The maximum absolute atomic E-state index is 12.5. The van der Waals surface area contributed by atoms with E-state index in [9.17, 15) is 13.2 Å². The first-order chi connectivity index (χ1) is 13.8. The molecule has 10 heteroatoms. The van der Waals surface area contributed by atoms with Crippen LogP contribution in [-0.2, 0) is 14.8 Å². The second kappa shape index (κ2) is 8.58. The van der Waals surface area contributed by atoms with Crippen LogP contribution in [0.2, 0.25) is 0 Å². The van der Waals surface area contributed by atoms with Crippen LogP contribution in [0.15, 0.2) is 48.5 Å². The van der Waals surface area contributed by atoms with Gasteiger partial charge in [-0.1, -0.05) is 41.2 Å². The molecule has 0 saturated carbocycles. The number of anilines is 2. The minimum Gasteiger partial charge on any atom is -0.497 e. The van der Waals surface area contributed by atoms with E-state index in [4.69, 9.17) is 4.74 Å². The minimum absolute atomic E-state index is 0.300. The quantitative estimate of drug-likeness (QED) is 0.616. The monoisotopic (exact) mass is 432 g/mol. The molecular formula is C19H20N4O4S2. The van der Waals surface area contributed by atoms with Gasteiger partial charge in [0, 0.05) is 5.56 Å². The standard InChI is InChI=1S/C19H20N4O4S2/c1-13-4-6-14(7-5-13)18-21-22-19(28-18)20-17(24)12-23(29(3,25)26)15-8-10-16(27-2)11-9-15/h4-11H,12H2,1-3H3,(H,20,22,24). The molecule has 0 spiro atoms. The summed E-state index contributed by atoms with van der Waals surface area (Å²) >= 11 is 1.22. The Balaban J connectivity index is 1.73. The molecule has 0 unspecified atom stereocenters. The van der Waals surface area contributed by atoms with E-state index in [0.29, 0.717) is 21.6 Å². The molecule has 0 atom stereocenters. The van der Waals surface area contributed by atoms with Gasteiger partial charge in [-0.15, -0.1) is 10.2 Å². The first-order valence-corrected chi connectivity index (χ1v) is 11.2. The minimum atomic E-state index is -3.67. The van der Waals surface area contributed by atoms with Crippen LogP contribution in [0, 0.1) is 6.92 Å². The van der Waals surface area contributed by atoms with Crippen molar-refractivity contribution in [3.63, 3.8) is 0 Å². The fourth-order valence-corrected chi connectivity index (χ4v) is 4.15. The Kier molecular flexibility index (Phi) is 6.14. The average Bonchev–Trinajstić information content (AvgIpc) is 3.14. The number of benzene rings is 2. The Morgan fingerprint density at radius 3 is 2.34 bits per heavy atom. The molecule has 1 aromatic heterocycles. The number of carbonyl (C=O) groups is 1. The molecule has 0 radical (unpaired) electrons. The summed E-state index contributed by atoms with van der Waals surface area (Å²) in [6, 6.07) is 14.2. The molecule has 8 nitrogen and oxygen atoms in total. The number of aryl methyl sites for hydroxylation is 1. The molecule has 0 saturated heterocycles. The molecule has 0 bridgehead atoms. The maximum Gasteiger partial charge on any atom is 0.246 e. The number of rotatable bonds is 7. The summed E-state index contributed by atoms with van der Waals surface area (Å²) in [7, 11) is -2.15. The number of methoxy groups -OCH3 is 1. The maximum atomic E-state index is 12.5. The fourth-order valence-electron chi connectivity index (χ4n) is 2.52. The summed E-state index contributed by atoms with van der Waals surface area (Å²) in [6.07, 6.45) is 1.05. The van der Waals surface area contributed by atoms with Crippen molar-refractivity contribution in [2.45, 2.75) is 6.92 Å². The number of carbonyl (C=O) groups excluding carboxylic acids is 1. The lowest BCUT2D eigenvalue weighted by atomic mass is 10.2. The number of hydrogen-bond donors (Lipinski definition) is 1. The van der Waals surface area contributed by atoms with Crippen LogP contribution >= 0.6 is 11.3 Å². The van der Waals surface area contributed by atoms with Crippen molar-refractivity contribution in [2.75, 3.05) is 29.5 Å². The smallest absolute Gasteiger partial charge is 0.246 e. The fraction of sp³-hybridized carbons (Fsp3) is 0.211. The predicted octanol–water partition coefficient (Wildman–Crippen LogP) is 2.93. The second-order valence-electron chi connectivity index (χ2n) is 6.29. The van der Waals surface area contributed by atoms with Gasteiger partial charge in [0.1, 0.15) is 17.3 Å². The number of ether oxygens (including phenoxy) is 1. The summed E-state index contributed by atoms with van der Waals surface area (Å²) in [6.45, 7) is 1.61. The van der Waals surface area contributed by atoms with Crippen LogP contribution in [0.4, 0.5) is 10.8 Å². The number of amides is 1. The molecule has 3 aromatic rings. The Morgan fingerprint density at radius 2 is 1.76 bits per heavy atom. The Morgan fingerprint density at radius 1 is 1.10 bits per heavy atom. The van der Waals surface area contributed by atoms with Gasteiger partial charge in [-0.05, 0) is 31.2 Å². The first-order valence-electron chi connectivity index (χ1n) is 8.58. The highest BCUT2D eigenvalue weighted by Crippen LogP contribution is 2.27. The van der Waals surface area contributed by atoms with Gasteiger partial charge in [0.25, 0.3) is 0 Å². The normalized spacial score (nSPS) is 11.1. The van der Waals surface area contributed by atoms with Crippen molar-refractivity contribution < 1.29 is 17.9 Å². The zero-order chi connectivity index (χ0) is 21.0. The lowest BCUT2D eigenvalue weighted by Gasteiger charge is -2.21. The zero-order valence-electron chi connectivity index (χ0n) is 16.1. The van der Waals surface area contributed by atoms with Crippen LogP contribution in [0.1, 0.15) is 5.56 Å². The molecule has 1 N–H and O–H groups in total. The second-order valence-corrected chi connectivity index (χ2v) is 9.18. The zero-order valence-corrected chi connectivity index (χ0v) is 17.8. The topological polar surface area (TPSA) is 101 Å². The van der Waals surface area contributed by atoms with Crippen molar-refractivity contribution in [2.24, 2.45) is 0 Å². The summed E-state index contributed by atoms with van der Waals surface area (Å²) in [5.74, 6) is 0.0713. The van der Waals surface area contributed by atoms with E-state index in [-0.39, 0.29) is 6.54 Å². The van der Waals surface area contributed by atoms with Gasteiger partial charge < -0.3 is 4.74 Å². The molecule has 2 aromatic carbocycles. The molecule has 3 rings (SSSR count). The van der Waals surface area contributed by atoms with Gasteiger partial charge in [-0.25, -0.2) is 8.42 Å². The Labute approximate surface area is 173 Å². The van der Waals surface area contributed by atoms with E-state index in [1.165, 1.54) is 18.4 Å². The van der Waals surface area contributed by atoms with E-state index in [0.717, 1.165) is 21.7 Å². The molecule has 0 aliphatic heterocycles. The Bertz CT molecular complexity index is 1090. The molecule has 152 valence electrons. The van der Waals surface area contributed by atoms with Gasteiger partial charge in [0.05, 0.1) is 19.1 Å². The van der Waals surface area contributed by atoms with Gasteiger partial charge in [0.2, 0.25) is 21.1 Å². The van der Waals surface area contributed by atoms with Gasteiger partial charge in [-0.2, -0.15) is 0 Å². The van der Waals surface area contributed by atoms with Crippen molar-refractivity contribution in [3.05, 3.63) is 54.1 Å². The summed E-state index contributed by atoms with van der Waals surface area (Å²) in [5, 5.41) is 11.6. The molecule has 0 fully saturated rings. The van der Waals surface area contributed by atoms with E-state index < -0.39 is 15.9 Å². The third-order valence-electron chi connectivity index (χ3n) is 4.02. The average molecular weight is 433 g/mol. The largest absolute Gasteiger partial charge is 0.497 e. The lowest BCUT2D eigenvalue weighted by molar-refractivity contribution is -0.114. The molecule has 1 heterocycles. The first kappa shape index (κ1) is 20.7. The van der Waals surface area contributed by atoms with Crippen molar-refractivity contribution in [3.8, 4) is 16.3 Å². The van der Waals surface area contributed by atoms with Crippen molar-refractivity contribution in [1.82, 2.24) is 10.2 Å². The van der Waals surface area contributed by atoms with Gasteiger partial charge >= 0.3 is 0 Å². The highest BCUT2D eigenvalue weighted by molar-refractivity contribution is 7.92. The number of nitrogens with one attached hydrogen (secondary N) is 1. The third kappa shape index (κ3) is 5.30. The summed E-state index contributed by atoms with van der Waals surface area (Å²) < 4.78 is 30.5. The van der Waals surface area contributed by atoms with E-state index in [1.54, 1.807) is 24.3 Å². The van der Waals surface area contributed by atoms with E-state index >= 15 is 0 Å². The molecule has 0 aliphatic rings. The highest BCUT2D eigenvalue weighted by atomic mass is 32.2. The number of aromatic nitrogens is 2. The number of hydrogen-bond acceptors (Lipinski definition) is 7. The van der Waals surface area contributed by atoms with Crippen LogP contribution in [0.5, 0.6) is 5.75 Å². The van der Waals surface area contributed by atoms with Crippen molar-refractivity contribution >= 4 is 38.1 Å². The van der Waals surface area contributed by atoms with Gasteiger partial charge in [-0.3, -0.25) is 14.4 Å². The van der Waals surface area contributed by atoms with Crippen LogP contribution in [-0.4, -0.2) is 44.4 Å².